The number of aromatic nitrogens is 3. The van der Waals surface area contributed by atoms with Crippen LogP contribution in [0.4, 0.5) is 32.0 Å². The van der Waals surface area contributed by atoms with Gasteiger partial charge in [0.1, 0.15) is 11.4 Å². The predicted molar refractivity (Wildman–Crippen MR) is 112 cm³/mol. The van der Waals surface area contributed by atoms with Gasteiger partial charge in [-0.1, -0.05) is 6.07 Å². The minimum atomic E-state index is -5.09. The van der Waals surface area contributed by atoms with Gasteiger partial charge in [-0.2, -0.15) is 18.3 Å². The molecule has 0 radical (unpaired) electrons. The second kappa shape index (κ2) is 9.36. The fourth-order valence-corrected chi connectivity index (χ4v) is 4.06. The zero-order chi connectivity index (χ0) is 25.4. The summed E-state index contributed by atoms with van der Waals surface area (Å²) in [5, 5.41) is 16.2. The van der Waals surface area contributed by atoms with Gasteiger partial charge in [0.05, 0.1) is 17.2 Å². The number of benzene rings is 1. The Hall–Kier alpha value is -3.35. The lowest BCUT2D eigenvalue weighted by Crippen LogP contribution is -2.20. The van der Waals surface area contributed by atoms with Crippen LogP contribution in [0.3, 0.4) is 0 Å². The first kappa shape index (κ1) is 24.8. The van der Waals surface area contributed by atoms with E-state index in [0.717, 1.165) is 43.9 Å². The Bertz CT molecular complexity index is 1220. The molecule has 2 heterocycles. The van der Waals surface area contributed by atoms with Crippen molar-refractivity contribution in [3.05, 3.63) is 47.9 Å². The number of hydrogen-bond donors (Lipinski definition) is 2. The Balaban J connectivity index is 1.65. The lowest BCUT2D eigenvalue weighted by molar-refractivity contribution is -0.274. The zero-order valence-electron chi connectivity index (χ0n) is 18.0. The van der Waals surface area contributed by atoms with Crippen LogP contribution in [0.2, 0.25) is 0 Å². The van der Waals surface area contributed by atoms with E-state index in [1.807, 2.05) is 0 Å². The molecule has 0 unspecified atom stereocenters. The number of aliphatic hydroxyl groups is 1. The Kier molecular flexibility index (Phi) is 6.62. The number of alkyl halides is 6. The molecule has 13 heteroatoms. The Labute approximate surface area is 194 Å². The van der Waals surface area contributed by atoms with E-state index in [1.165, 1.54) is 6.07 Å². The molecule has 1 saturated carbocycles. The van der Waals surface area contributed by atoms with Crippen LogP contribution in [0, 0.1) is 5.92 Å². The number of nitrogens with zero attached hydrogens (tertiary/aromatic N) is 3. The Morgan fingerprint density at radius 2 is 1.83 bits per heavy atom. The summed E-state index contributed by atoms with van der Waals surface area (Å²) in [6.45, 7) is 0.0930. The molecule has 0 aliphatic heterocycles. The fraction of sp³-hybridized carbons (Fsp3) is 0.409. The van der Waals surface area contributed by atoms with E-state index >= 15 is 0 Å². The van der Waals surface area contributed by atoms with Gasteiger partial charge in [-0.25, -0.2) is 4.98 Å². The Morgan fingerprint density at radius 3 is 2.46 bits per heavy atom. The number of halogens is 6. The summed E-state index contributed by atoms with van der Waals surface area (Å²) in [4.78, 5) is 15.8. The van der Waals surface area contributed by atoms with Crippen LogP contribution >= 0.6 is 0 Å². The van der Waals surface area contributed by atoms with Gasteiger partial charge in [0.2, 0.25) is 0 Å². The summed E-state index contributed by atoms with van der Waals surface area (Å²) in [5.74, 6) is -1.70. The zero-order valence-corrected chi connectivity index (χ0v) is 18.0. The van der Waals surface area contributed by atoms with Crippen molar-refractivity contribution in [1.29, 1.82) is 0 Å². The highest BCUT2D eigenvalue weighted by atomic mass is 19.4. The first-order valence-electron chi connectivity index (χ1n) is 10.7. The number of hydrogen-bond acceptors (Lipinski definition) is 5. The summed E-state index contributed by atoms with van der Waals surface area (Å²) < 4.78 is 83.5. The topological polar surface area (TPSA) is 89.3 Å². The van der Waals surface area contributed by atoms with Crippen LogP contribution in [0.1, 0.15) is 47.9 Å². The quantitative estimate of drug-likeness (QED) is 0.461. The molecular weight excluding hydrogens is 482 g/mol. The number of carbonyl (C=O) groups is 1. The highest BCUT2D eigenvalue weighted by Crippen LogP contribution is 2.37. The first-order valence-corrected chi connectivity index (χ1v) is 10.7. The number of nitrogens with one attached hydrogen (secondary N) is 1. The van der Waals surface area contributed by atoms with Crippen LogP contribution < -0.4 is 10.1 Å². The third-order valence-corrected chi connectivity index (χ3v) is 5.82. The van der Waals surface area contributed by atoms with E-state index < -0.39 is 41.3 Å². The van der Waals surface area contributed by atoms with Gasteiger partial charge in [-0.15, -0.1) is 13.2 Å². The lowest BCUT2D eigenvalue weighted by atomic mass is 9.87. The monoisotopic (exact) mass is 502 g/mol. The van der Waals surface area contributed by atoms with E-state index in [4.69, 9.17) is 0 Å². The molecule has 2 N–H and O–H groups in total. The smallest absolute Gasteiger partial charge is 0.403 e. The summed E-state index contributed by atoms with van der Waals surface area (Å²) >= 11 is 0. The van der Waals surface area contributed by atoms with E-state index in [1.54, 1.807) is 10.9 Å². The van der Waals surface area contributed by atoms with Gasteiger partial charge in [-0.3, -0.25) is 9.48 Å². The molecule has 1 aliphatic rings. The molecule has 1 aliphatic carbocycles. The van der Waals surface area contributed by atoms with Crippen molar-refractivity contribution < 1.29 is 41.0 Å². The fourth-order valence-electron chi connectivity index (χ4n) is 4.06. The van der Waals surface area contributed by atoms with Crippen molar-refractivity contribution in [1.82, 2.24) is 14.8 Å². The molecule has 0 saturated heterocycles. The minimum Gasteiger partial charge on any atom is -0.403 e. The predicted octanol–water partition coefficient (Wildman–Crippen LogP) is 5.32. The largest absolute Gasteiger partial charge is 0.573 e. The summed E-state index contributed by atoms with van der Waals surface area (Å²) in [6.07, 6.45) is -5.24. The maximum atomic E-state index is 13.0. The minimum absolute atomic E-state index is 0.00969. The normalized spacial score (nSPS) is 19.1. The van der Waals surface area contributed by atoms with Crippen LogP contribution in [-0.4, -0.2) is 38.7 Å². The number of fused-ring (bicyclic) bond motifs is 1. The van der Waals surface area contributed by atoms with Gasteiger partial charge in [0.25, 0.3) is 5.91 Å². The summed E-state index contributed by atoms with van der Waals surface area (Å²) in [5.41, 5.74) is -2.16. The van der Waals surface area contributed by atoms with Crippen LogP contribution in [0.15, 0.2) is 36.5 Å². The maximum absolute atomic E-state index is 13.0. The molecule has 1 aromatic carbocycles. The average Bonchev–Trinajstić information content (AvgIpc) is 3.20. The van der Waals surface area contributed by atoms with E-state index in [2.05, 4.69) is 20.1 Å². The van der Waals surface area contributed by atoms with E-state index in [9.17, 15) is 36.2 Å². The van der Waals surface area contributed by atoms with Gasteiger partial charge < -0.3 is 15.2 Å². The van der Waals surface area contributed by atoms with E-state index in [-0.39, 0.29) is 24.1 Å². The first-order chi connectivity index (χ1) is 16.4. The molecule has 35 heavy (non-hydrogen) atoms. The molecule has 3 aromatic rings. The molecule has 0 spiro atoms. The Morgan fingerprint density at radius 1 is 1.11 bits per heavy atom. The number of aliphatic hydroxyl groups excluding tert-OH is 1. The van der Waals surface area contributed by atoms with Gasteiger partial charge in [0, 0.05) is 24.3 Å². The van der Waals surface area contributed by atoms with Crippen molar-refractivity contribution in [2.45, 2.75) is 44.3 Å². The summed E-state index contributed by atoms with van der Waals surface area (Å²) in [7, 11) is 0. The van der Waals surface area contributed by atoms with Gasteiger partial charge >= 0.3 is 12.5 Å². The highest BCUT2D eigenvalue weighted by molar-refractivity contribution is 6.05. The van der Waals surface area contributed by atoms with Crippen molar-refractivity contribution >= 4 is 22.5 Å². The third kappa shape index (κ3) is 5.84. The van der Waals surface area contributed by atoms with Crippen molar-refractivity contribution in [3.8, 4) is 5.75 Å². The highest BCUT2D eigenvalue weighted by Gasteiger charge is 2.34. The molecule has 0 bridgehead atoms. The SMILES string of the molecule is O=C(Nc1cc2cn(C3CCC(CO)CC3)nc2cc1OC(F)(F)F)c1cccc(C(F)(F)F)n1. The number of carbonyl (C=O) groups excluding carboxylic acids is 1. The molecule has 0 atom stereocenters. The standard InChI is InChI=1S/C22H20F6N4O3/c23-21(24,25)19-3-1-2-15(29-19)20(34)30-17-8-13-10-32(14-6-4-12(11-33)5-7-14)31-16(13)9-18(17)35-22(26,27)28/h1-3,8-10,12,14,33H,4-7,11H2,(H,30,34). The number of ether oxygens (including phenoxy) is 1. The maximum Gasteiger partial charge on any atom is 0.573 e. The average molecular weight is 502 g/mol. The second-order valence-corrected chi connectivity index (χ2v) is 8.28. The lowest BCUT2D eigenvalue weighted by Gasteiger charge is -2.27. The summed E-state index contributed by atoms with van der Waals surface area (Å²) in [6, 6.07) is 4.86. The number of anilines is 1. The molecule has 7 nitrogen and oxygen atoms in total. The molecule has 1 amide bonds. The van der Waals surface area contributed by atoms with Crippen LogP contribution in [0.5, 0.6) is 5.75 Å². The molecule has 1 fully saturated rings. The van der Waals surface area contributed by atoms with Crippen LogP contribution in [-0.2, 0) is 6.18 Å². The van der Waals surface area contributed by atoms with Crippen molar-refractivity contribution in [3.63, 3.8) is 0 Å². The molecule has 2 aromatic heterocycles. The van der Waals surface area contributed by atoms with Gasteiger partial charge in [0.15, 0.2) is 5.75 Å². The molecular formula is C22H20F6N4O3. The number of rotatable bonds is 5. The second-order valence-electron chi connectivity index (χ2n) is 8.28. The molecule has 4 rings (SSSR count). The third-order valence-electron chi connectivity index (χ3n) is 5.82. The van der Waals surface area contributed by atoms with Gasteiger partial charge in [-0.05, 0) is 49.8 Å². The molecule has 188 valence electrons. The van der Waals surface area contributed by atoms with Crippen LogP contribution in [0.25, 0.3) is 10.9 Å². The van der Waals surface area contributed by atoms with E-state index in [0.29, 0.717) is 11.5 Å². The van der Waals surface area contributed by atoms with Crippen molar-refractivity contribution in [2.24, 2.45) is 5.92 Å². The number of pyridine rings is 1. The van der Waals surface area contributed by atoms with Crippen molar-refractivity contribution in [2.75, 3.05) is 11.9 Å². The number of amides is 1.